The third kappa shape index (κ3) is 3.81. The van der Waals surface area contributed by atoms with Crippen molar-refractivity contribution in [2.45, 2.75) is 38.1 Å². The van der Waals surface area contributed by atoms with Crippen LogP contribution in [-0.2, 0) is 4.79 Å². The Morgan fingerprint density at radius 1 is 1.24 bits per heavy atom. The first-order valence-corrected chi connectivity index (χ1v) is 9.84. The highest BCUT2D eigenvalue weighted by Crippen LogP contribution is 2.40. The van der Waals surface area contributed by atoms with Crippen molar-refractivity contribution in [3.63, 3.8) is 0 Å². The summed E-state index contributed by atoms with van der Waals surface area (Å²) in [6.45, 7) is 0. The number of benzene rings is 1. The molecule has 7 heteroatoms. The highest BCUT2D eigenvalue weighted by molar-refractivity contribution is 8.26. The van der Waals surface area contributed by atoms with Crippen LogP contribution in [0.3, 0.4) is 0 Å². The number of carbonyl (C=O) groups is 1. The smallest absolute Gasteiger partial charge is 0.266 e. The lowest BCUT2D eigenvalue weighted by atomic mass is 9.94. The molecule has 1 amide bonds. The van der Waals surface area contributed by atoms with Crippen LogP contribution in [0.4, 0.5) is 0 Å². The average molecular weight is 398 g/mol. The van der Waals surface area contributed by atoms with Gasteiger partial charge in [0, 0.05) is 6.04 Å². The summed E-state index contributed by atoms with van der Waals surface area (Å²) in [5.74, 6) is 1.01. The van der Waals surface area contributed by atoms with Crippen LogP contribution in [-0.4, -0.2) is 35.4 Å². The third-order valence-corrected chi connectivity index (χ3v) is 6.13. The molecule has 0 aromatic heterocycles. The van der Waals surface area contributed by atoms with Crippen molar-refractivity contribution in [1.82, 2.24) is 4.90 Å². The second kappa shape index (κ2) is 7.98. The number of thioether (sulfide) groups is 1. The number of amides is 1. The Labute approximate surface area is 162 Å². The fourth-order valence-corrected chi connectivity index (χ4v) is 5.00. The van der Waals surface area contributed by atoms with E-state index in [0.29, 0.717) is 25.7 Å². The van der Waals surface area contributed by atoms with E-state index in [9.17, 15) is 4.79 Å². The number of methoxy groups -OCH3 is 2. The van der Waals surface area contributed by atoms with Gasteiger partial charge in [0.05, 0.1) is 24.1 Å². The van der Waals surface area contributed by atoms with Crippen LogP contribution < -0.4 is 9.47 Å². The summed E-state index contributed by atoms with van der Waals surface area (Å²) in [4.78, 5) is 15.3. The number of ether oxygens (including phenoxy) is 2. The van der Waals surface area contributed by atoms with Gasteiger partial charge < -0.3 is 9.47 Å². The average Bonchev–Trinajstić information content (AvgIpc) is 2.88. The molecule has 1 aromatic rings. The van der Waals surface area contributed by atoms with Crippen molar-refractivity contribution in [2.24, 2.45) is 0 Å². The summed E-state index contributed by atoms with van der Waals surface area (Å²) in [5, 5.41) is 0.441. The maximum absolute atomic E-state index is 12.8. The zero-order valence-electron chi connectivity index (χ0n) is 14.2. The number of carbonyl (C=O) groups excluding carboxylic acids is 1. The minimum Gasteiger partial charge on any atom is -0.493 e. The summed E-state index contributed by atoms with van der Waals surface area (Å²) < 4.78 is 11.2. The molecule has 1 saturated heterocycles. The first kappa shape index (κ1) is 18.5. The van der Waals surface area contributed by atoms with Crippen LogP contribution in [0.5, 0.6) is 11.5 Å². The molecule has 1 aliphatic carbocycles. The van der Waals surface area contributed by atoms with Crippen LogP contribution in [0.25, 0.3) is 6.08 Å². The third-order valence-electron chi connectivity index (χ3n) is 4.52. The molecule has 1 aromatic carbocycles. The Bertz CT molecular complexity index is 729. The molecule has 2 fully saturated rings. The second-order valence-corrected chi connectivity index (χ2v) is 8.16. The maximum Gasteiger partial charge on any atom is 0.266 e. The topological polar surface area (TPSA) is 38.8 Å². The molecule has 0 radical (unpaired) electrons. The predicted molar refractivity (Wildman–Crippen MR) is 106 cm³/mol. The van der Waals surface area contributed by atoms with Crippen molar-refractivity contribution >= 4 is 51.9 Å². The predicted octanol–water partition coefficient (Wildman–Crippen LogP) is 4.89. The van der Waals surface area contributed by atoms with Crippen molar-refractivity contribution in [1.29, 1.82) is 0 Å². The number of hydrogen-bond donors (Lipinski definition) is 0. The van der Waals surface area contributed by atoms with Gasteiger partial charge in [-0.15, -0.1) is 0 Å². The second-order valence-electron chi connectivity index (χ2n) is 6.08. The van der Waals surface area contributed by atoms with Crippen LogP contribution in [0.15, 0.2) is 17.0 Å². The van der Waals surface area contributed by atoms with Gasteiger partial charge in [0.15, 0.2) is 11.5 Å². The number of nitrogens with zero attached hydrogens (tertiary/aromatic N) is 1. The summed E-state index contributed by atoms with van der Waals surface area (Å²) in [7, 11) is 3.10. The molecular formula is C18H20ClNO3S2. The number of halogens is 1. The van der Waals surface area contributed by atoms with E-state index in [1.807, 2.05) is 6.08 Å². The standard InChI is InChI=1S/C18H20ClNO3S2/c1-22-14-9-11(8-13(19)16(14)23-2)10-15-17(21)20(18(24)25-15)12-6-4-3-5-7-12/h8-10,12H,3-7H2,1-2H3/b15-10+. The SMILES string of the molecule is COc1cc(/C=C2/SC(=S)N(C3CCCCC3)C2=O)cc(Cl)c1OC. The van der Waals surface area contributed by atoms with Gasteiger partial charge in [-0.05, 0) is 36.6 Å². The summed E-state index contributed by atoms with van der Waals surface area (Å²) in [6, 6.07) is 3.80. The van der Waals surface area contributed by atoms with Gasteiger partial charge in [0.2, 0.25) is 0 Å². The quantitative estimate of drug-likeness (QED) is 0.534. The lowest BCUT2D eigenvalue weighted by Gasteiger charge is -2.29. The molecule has 1 heterocycles. The Kier molecular flexibility index (Phi) is 5.92. The van der Waals surface area contributed by atoms with Gasteiger partial charge in [-0.25, -0.2) is 0 Å². The summed E-state index contributed by atoms with van der Waals surface area (Å²) >= 11 is 13.1. The van der Waals surface area contributed by atoms with Crippen LogP contribution >= 0.6 is 35.6 Å². The summed E-state index contributed by atoms with van der Waals surface area (Å²) in [5.41, 5.74) is 0.784. The molecule has 25 heavy (non-hydrogen) atoms. The molecule has 0 atom stereocenters. The molecule has 0 unspecified atom stereocenters. The lowest BCUT2D eigenvalue weighted by molar-refractivity contribution is -0.124. The van der Waals surface area contributed by atoms with Gasteiger partial charge in [0.1, 0.15) is 4.32 Å². The van der Waals surface area contributed by atoms with Gasteiger partial charge in [-0.1, -0.05) is 54.8 Å². The van der Waals surface area contributed by atoms with Gasteiger partial charge in [-0.3, -0.25) is 9.69 Å². The molecule has 1 saturated carbocycles. The Hall–Kier alpha value is -1.24. The Balaban J connectivity index is 1.88. The Morgan fingerprint density at radius 3 is 2.60 bits per heavy atom. The minimum atomic E-state index is -0.00666. The van der Waals surface area contributed by atoms with Crippen molar-refractivity contribution in [3.8, 4) is 11.5 Å². The first-order valence-electron chi connectivity index (χ1n) is 8.23. The molecular weight excluding hydrogens is 378 g/mol. The van der Waals surface area contributed by atoms with E-state index in [1.54, 1.807) is 31.3 Å². The summed E-state index contributed by atoms with van der Waals surface area (Å²) in [6.07, 6.45) is 7.43. The van der Waals surface area contributed by atoms with E-state index in [0.717, 1.165) is 31.2 Å². The van der Waals surface area contributed by atoms with Crippen molar-refractivity contribution in [3.05, 3.63) is 27.6 Å². The van der Waals surface area contributed by atoms with Gasteiger partial charge in [-0.2, -0.15) is 0 Å². The normalized spacial score (nSPS) is 20.4. The molecule has 4 nitrogen and oxygen atoms in total. The molecule has 0 spiro atoms. The monoisotopic (exact) mass is 397 g/mol. The molecule has 1 aliphatic heterocycles. The van der Waals surface area contributed by atoms with E-state index in [4.69, 9.17) is 33.3 Å². The van der Waals surface area contributed by atoms with Crippen LogP contribution in [0.1, 0.15) is 37.7 Å². The zero-order chi connectivity index (χ0) is 18.0. The molecule has 0 bridgehead atoms. The lowest BCUT2D eigenvalue weighted by Crippen LogP contribution is -2.39. The van der Waals surface area contributed by atoms with E-state index < -0.39 is 0 Å². The largest absolute Gasteiger partial charge is 0.493 e. The van der Waals surface area contributed by atoms with E-state index >= 15 is 0 Å². The van der Waals surface area contributed by atoms with E-state index in [-0.39, 0.29) is 11.9 Å². The Morgan fingerprint density at radius 2 is 1.96 bits per heavy atom. The van der Waals surface area contributed by atoms with Gasteiger partial charge in [0.25, 0.3) is 5.91 Å². The highest BCUT2D eigenvalue weighted by Gasteiger charge is 2.37. The number of rotatable bonds is 4. The van der Waals surface area contributed by atoms with Gasteiger partial charge >= 0.3 is 0 Å². The number of thiocarbonyl (C=S) groups is 1. The van der Waals surface area contributed by atoms with E-state index in [1.165, 1.54) is 18.2 Å². The maximum atomic E-state index is 12.8. The zero-order valence-corrected chi connectivity index (χ0v) is 16.6. The molecule has 134 valence electrons. The fraction of sp³-hybridized carbons (Fsp3) is 0.444. The van der Waals surface area contributed by atoms with Crippen molar-refractivity contribution in [2.75, 3.05) is 14.2 Å². The number of hydrogen-bond acceptors (Lipinski definition) is 5. The first-order chi connectivity index (χ1) is 12.0. The highest BCUT2D eigenvalue weighted by atomic mass is 35.5. The fourth-order valence-electron chi connectivity index (χ4n) is 3.31. The van der Waals surface area contributed by atoms with Crippen LogP contribution in [0, 0.1) is 0 Å². The van der Waals surface area contributed by atoms with E-state index in [2.05, 4.69) is 0 Å². The molecule has 3 rings (SSSR count). The van der Waals surface area contributed by atoms with Crippen LogP contribution in [0.2, 0.25) is 5.02 Å². The molecule has 0 N–H and O–H groups in total. The van der Waals surface area contributed by atoms with Crippen molar-refractivity contribution < 1.29 is 14.3 Å². The minimum absolute atomic E-state index is 0.00666. The molecule has 2 aliphatic rings.